The zero-order valence-corrected chi connectivity index (χ0v) is 12.8. The predicted octanol–water partition coefficient (Wildman–Crippen LogP) is 2.62. The molecule has 1 heterocycles. The third-order valence-corrected chi connectivity index (χ3v) is 3.65. The summed E-state index contributed by atoms with van der Waals surface area (Å²) in [5.41, 5.74) is 7.87. The molecule has 1 aromatic heterocycles. The van der Waals surface area contributed by atoms with E-state index in [1.165, 1.54) is 11.8 Å². The maximum atomic E-state index is 11.4. The first-order chi connectivity index (χ1) is 9.58. The average molecular weight is 334 g/mol. The van der Waals surface area contributed by atoms with Gasteiger partial charge in [-0.1, -0.05) is 28.1 Å². The van der Waals surface area contributed by atoms with Gasteiger partial charge in [0.15, 0.2) is 0 Å². The Bertz CT molecular complexity index is 598. The molecule has 2 aromatic rings. The molecule has 2 rings (SSSR count). The van der Waals surface area contributed by atoms with Crippen molar-refractivity contribution < 1.29 is 4.79 Å². The minimum atomic E-state index is -0.455. The van der Waals surface area contributed by atoms with Crippen LogP contribution in [0.2, 0.25) is 0 Å². The standard InChI is InChI=1S/C15H16BrN3O/c1-19(9-7-11-2-4-12(16)5-3-11)14-6-8-18-10-13(14)15(17)20/h2-6,8,10H,7,9H2,1H3,(H2,17,20). The number of amides is 1. The molecule has 0 radical (unpaired) electrons. The number of nitrogens with two attached hydrogens (primary N) is 1. The Balaban J connectivity index is 2.07. The molecular weight excluding hydrogens is 318 g/mol. The molecule has 4 nitrogen and oxygen atoms in total. The van der Waals surface area contributed by atoms with Crippen molar-refractivity contribution in [3.8, 4) is 0 Å². The number of hydrogen-bond acceptors (Lipinski definition) is 3. The van der Waals surface area contributed by atoms with Crippen molar-refractivity contribution in [3.05, 3.63) is 58.3 Å². The summed E-state index contributed by atoms with van der Waals surface area (Å²) in [5.74, 6) is -0.455. The van der Waals surface area contributed by atoms with Crippen LogP contribution in [0.3, 0.4) is 0 Å². The van der Waals surface area contributed by atoms with Gasteiger partial charge in [-0.15, -0.1) is 0 Å². The van der Waals surface area contributed by atoms with Crippen molar-refractivity contribution in [1.29, 1.82) is 0 Å². The minimum Gasteiger partial charge on any atom is -0.374 e. The highest BCUT2D eigenvalue weighted by Gasteiger charge is 2.11. The summed E-state index contributed by atoms with van der Waals surface area (Å²) in [6, 6.07) is 10.0. The molecule has 0 aliphatic rings. The van der Waals surface area contributed by atoms with Crippen molar-refractivity contribution >= 4 is 27.5 Å². The summed E-state index contributed by atoms with van der Waals surface area (Å²) in [5, 5.41) is 0. The second-order valence-corrected chi connectivity index (χ2v) is 5.47. The van der Waals surface area contributed by atoms with Crippen LogP contribution in [0.4, 0.5) is 5.69 Å². The number of benzene rings is 1. The normalized spacial score (nSPS) is 10.3. The van der Waals surface area contributed by atoms with Crippen molar-refractivity contribution in [2.75, 3.05) is 18.5 Å². The lowest BCUT2D eigenvalue weighted by atomic mass is 10.1. The van der Waals surface area contributed by atoms with E-state index in [1.54, 1.807) is 6.20 Å². The summed E-state index contributed by atoms with van der Waals surface area (Å²) in [7, 11) is 1.95. The molecule has 0 aliphatic carbocycles. The lowest BCUT2D eigenvalue weighted by Gasteiger charge is -2.21. The van der Waals surface area contributed by atoms with E-state index in [2.05, 4.69) is 33.0 Å². The van der Waals surface area contributed by atoms with E-state index < -0.39 is 5.91 Å². The first-order valence-electron chi connectivity index (χ1n) is 6.27. The molecule has 1 aromatic carbocycles. The largest absolute Gasteiger partial charge is 0.374 e. The maximum absolute atomic E-state index is 11.4. The number of carbonyl (C=O) groups excluding carboxylic acids is 1. The summed E-state index contributed by atoms with van der Waals surface area (Å²) in [6.07, 6.45) is 4.07. The van der Waals surface area contributed by atoms with Crippen LogP contribution in [-0.2, 0) is 6.42 Å². The number of anilines is 1. The van der Waals surface area contributed by atoms with Crippen LogP contribution >= 0.6 is 15.9 Å². The minimum absolute atomic E-state index is 0.450. The van der Waals surface area contributed by atoms with Gasteiger partial charge in [-0.2, -0.15) is 0 Å². The van der Waals surface area contributed by atoms with Gasteiger partial charge in [0.05, 0.1) is 11.3 Å². The van der Waals surface area contributed by atoms with Crippen LogP contribution in [-0.4, -0.2) is 24.5 Å². The predicted molar refractivity (Wildman–Crippen MR) is 83.9 cm³/mol. The van der Waals surface area contributed by atoms with E-state index in [4.69, 9.17) is 5.73 Å². The number of likely N-dealkylation sites (N-methyl/N-ethyl adjacent to an activating group) is 1. The monoisotopic (exact) mass is 333 g/mol. The molecule has 0 bridgehead atoms. The van der Waals surface area contributed by atoms with Gasteiger partial charge in [-0.25, -0.2) is 0 Å². The Hall–Kier alpha value is -1.88. The third kappa shape index (κ3) is 3.57. The average Bonchev–Trinajstić information content (AvgIpc) is 2.46. The number of aromatic nitrogens is 1. The lowest BCUT2D eigenvalue weighted by Crippen LogP contribution is -2.24. The molecule has 0 spiro atoms. The number of pyridine rings is 1. The van der Waals surface area contributed by atoms with Crippen LogP contribution < -0.4 is 10.6 Å². The van der Waals surface area contributed by atoms with Crippen LogP contribution in [0.15, 0.2) is 47.2 Å². The first kappa shape index (κ1) is 14.5. The quantitative estimate of drug-likeness (QED) is 0.914. The second kappa shape index (κ2) is 6.52. The number of primary amides is 1. The van der Waals surface area contributed by atoms with E-state index in [0.29, 0.717) is 5.56 Å². The SMILES string of the molecule is CN(CCc1ccc(Br)cc1)c1ccncc1C(N)=O. The van der Waals surface area contributed by atoms with E-state index in [1.807, 2.05) is 30.1 Å². The molecule has 2 N–H and O–H groups in total. The molecular formula is C15H16BrN3O. The summed E-state index contributed by atoms with van der Waals surface area (Å²) in [4.78, 5) is 17.4. The van der Waals surface area contributed by atoms with Gasteiger partial charge in [-0.3, -0.25) is 9.78 Å². The van der Waals surface area contributed by atoms with Gasteiger partial charge >= 0.3 is 0 Å². The molecule has 20 heavy (non-hydrogen) atoms. The van der Waals surface area contributed by atoms with Crippen molar-refractivity contribution in [2.24, 2.45) is 5.73 Å². The highest BCUT2D eigenvalue weighted by molar-refractivity contribution is 9.10. The molecule has 5 heteroatoms. The smallest absolute Gasteiger partial charge is 0.252 e. The van der Waals surface area contributed by atoms with Crippen LogP contribution in [0.5, 0.6) is 0 Å². The van der Waals surface area contributed by atoms with Gasteiger partial charge in [-0.05, 0) is 30.2 Å². The van der Waals surface area contributed by atoms with E-state index in [9.17, 15) is 4.79 Å². The Kier molecular flexibility index (Phi) is 4.74. The number of carbonyl (C=O) groups is 1. The second-order valence-electron chi connectivity index (χ2n) is 4.56. The van der Waals surface area contributed by atoms with Gasteiger partial charge in [0, 0.05) is 30.5 Å². The fraction of sp³-hybridized carbons (Fsp3) is 0.200. The first-order valence-corrected chi connectivity index (χ1v) is 7.06. The number of hydrogen-bond donors (Lipinski definition) is 1. The third-order valence-electron chi connectivity index (χ3n) is 3.12. The molecule has 104 valence electrons. The highest BCUT2D eigenvalue weighted by Crippen LogP contribution is 2.18. The Morgan fingerprint density at radius 3 is 2.65 bits per heavy atom. The zero-order chi connectivity index (χ0) is 14.5. The number of rotatable bonds is 5. The summed E-state index contributed by atoms with van der Waals surface area (Å²) >= 11 is 3.42. The van der Waals surface area contributed by atoms with Crippen molar-refractivity contribution in [2.45, 2.75) is 6.42 Å². The highest BCUT2D eigenvalue weighted by atomic mass is 79.9. The Morgan fingerprint density at radius 1 is 1.30 bits per heavy atom. The molecule has 0 fully saturated rings. The molecule has 0 aliphatic heterocycles. The van der Waals surface area contributed by atoms with Crippen molar-refractivity contribution in [3.63, 3.8) is 0 Å². The fourth-order valence-corrected chi connectivity index (χ4v) is 2.24. The lowest BCUT2D eigenvalue weighted by molar-refractivity contribution is 0.100. The molecule has 0 saturated carbocycles. The molecule has 1 amide bonds. The Labute approximate surface area is 126 Å². The van der Waals surface area contributed by atoms with Gasteiger partial charge in [0.1, 0.15) is 0 Å². The summed E-state index contributed by atoms with van der Waals surface area (Å²) < 4.78 is 1.07. The summed E-state index contributed by atoms with van der Waals surface area (Å²) in [6.45, 7) is 0.798. The van der Waals surface area contributed by atoms with Gasteiger partial charge in [0.2, 0.25) is 0 Å². The van der Waals surface area contributed by atoms with E-state index >= 15 is 0 Å². The maximum Gasteiger partial charge on any atom is 0.252 e. The van der Waals surface area contributed by atoms with E-state index in [0.717, 1.165) is 23.1 Å². The molecule has 0 saturated heterocycles. The van der Waals surface area contributed by atoms with Crippen LogP contribution in [0.25, 0.3) is 0 Å². The topological polar surface area (TPSA) is 59.2 Å². The molecule has 0 atom stereocenters. The van der Waals surface area contributed by atoms with Gasteiger partial charge < -0.3 is 10.6 Å². The molecule has 0 unspecified atom stereocenters. The number of halogens is 1. The van der Waals surface area contributed by atoms with Crippen molar-refractivity contribution in [1.82, 2.24) is 4.98 Å². The van der Waals surface area contributed by atoms with Gasteiger partial charge in [0.25, 0.3) is 5.91 Å². The van der Waals surface area contributed by atoms with Crippen LogP contribution in [0, 0.1) is 0 Å². The van der Waals surface area contributed by atoms with Crippen LogP contribution in [0.1, 0.15) is 15.9 Å². The zero-order valence-electron chi connectivity index (χ0n) is 11.2. The fourth-order valence-electron chi connectivity index (χ4n) is 1.98. The Morgan fingerprint density at radius 2 is 2.00 bits per heavy atom. The van der Waals surface area contributed by atoms with E-state index in [-0.39, 0.29) is 0 Å². The number of nitrogens with zero attached hydrogens (tertiary/aromatic N) is 2.